The molecule has 0 atom stereocenters. The number of benzene rings is 1. The van der Waals surface area contributed by atoms with Crippen LogP contribution in [0.4, 0.5) is 5.82 Å². The standard InChI is InChI=1S/C11H8ClN5O/c12-7-3-1-6(2-4-7)10-15-11-14-9(18)5-8(13)17(11)16-10/h1-5H,13H2,(H,14,15,16,18). The first-order chi connectivity index (χ1) is 8.63. The SMILES string of the molecule is Nc1cc(=O)[nH]c2nc(-c3ccc(Cl)cc3)nn12. The monoisotopic (exact) mass is 261 g/mol. The van der Waals surface area contributed by atoms with Gasteiger partial charge in [0.2, 0.25) is 5.78 Å². The van der Waals surface area contributed by atoms with Crippen LogP contribution in [0.3, 0.4) is 0 Å². The molecule has 7 heteroatoms. The fourth-order valence-electron chi connectivity index (χ4n) is 1.64. The van der Waals surface area contributed by atoms with Gasteiger partial charge < -0.3 is 5.73 Å². The summed E-state index contributed by atoms with van der Waals surface area (Å²) in [7, 11) is 0. The molecule has 90 valence electrons. The zero-order valence-electron chi connectivity index (χ0n) is 9.09. The molecule has 1 aromatic carbocycles. The number of fused-ring (bicyclic) bond motifs is 1. The van der Waals surface area contributed by atoms with Crippen LogP contribution in [0.2, 0.25) is 5.02 Å². The first-order valence-corrected chi connectivity index (χ1v) is 5.53. The molecule has 0 spiro atoms. The summed E-state index contributed by atoms with van der Waals surface area (Å²) in [6.07, 6.45) is 0. The molecule has 3 rings (SSSR count). The van der Waals surface area contributed by atoms with Crippen LogP contribution in [0.1, 0.15) is 0 Å². The van der Waals surface area contributed by atoms with E-state index in [9.17, 15) is 4.79 Å². The Balaban J connectivity index is 2.22. The van der Waals surface area contributed by atoms with E-state index >= 15 is 0 Å². The Morgan fingerprint density at radius 3 is 2.72 bits per heavy atom. The maximum atomic E-state index is 11.3. The predicted molar refractivity (Wildman–Crippen MR) is 68.5 cm³/mol. The second-order valence-corrected chi connectivity index (χ2v) is 4.17. The third-order valence-electron chi connectivity index (χ3n) is 2.47. The van der Waals surface area contributed by atoms with Crippen molar-refractivity contribution in [1.82, 2.24) is 19.6 Å². The molecule has 6 nitrogen and oxygen atoms in total. The Hall–Kier alpha value is -2.34. The van der Waals surface area contributed by atoms with Crippen LogP contribution in [0, 0.1) is 0 Å². The Morgan fingerprint density at radius 2 is 2.00 bits per heavy atom. The van der Waals surface area contributed by atoms with E-state index in [0.29, 0.717) is 16.6 Å². The van der Waals surface area contributed by atoms with Gasteiger partial charge in [-0.05, 0) is 24.3 Å². The molecule has 0 aliphatic carbocycles. The number of hydrogen-bond donors (Lipinski definition) is 2. The van der Waals surface area contributed by atoms with Gasteiger partial charge in [0, 0.05) is 16.7 Å². The number of nitrogens with two attached hydrogens (primary N) is 1. The number of nitrogen functional groups attached to an aromatic ring is 1. The highest BCUT2D eigenvalue weighted by Gasteiger charge is 2.09. The zero-order valence-corrected chi connectivity index (χ0v) is 9.85. The van der Waals surface area contributed by atoms with Crippen LogP contribution in [-0.4, -0.2) is 19.6 Å². The summed E-state index contributed by atoms with van der Waals surface area (Å²) in [5.41, 5.74) is 6.18. The molecule has 0 amide bonds. The van der Waals surface area contributed by atoms with Crippen molar-refractivity contribution in [2.24, 2.45) is 0 Å². The quantitative estimate of drug-likeness (QED) is 0.691. The van der Waals surface area contributed by atoms with Crippen LogP contribution < -0.4 is 11.3 Å². The van der Waals surface area contributed by atoms with E-state index in [-0.39, 0.29) is 11.4 Å². The fraction of sp³-hybridized carbons (Fsp3) is 0. The lowest BCUT2D eigenvalue weighted by molar-refractivity contribution is 0.946. The van der Waals surface area contributed by atoms with Crippen LogP contribution in [0.15, 0.2) is 35.1 Å². The molecular weight excluding hydrogens is 254 g/mol. The van der Waals surface area contributed by atoms with Gasteiger partial charge in [-0.2, -0.15) is 9.50 Å². The molecule has 0 saturated heterocycles. The number of hydrogen-bond acceptors (Lipinski definition) is 4. The summed E-state index contributed by atoms with van der Waals surface area (Å²) in [6.45, 7) is 0. The smallest absolute Gasteiger partial charge is 0.254 e. The molecule has 0 bridgehead atoms. The summed E-state index contributed by atoms with van der Waals surface area (Å²) in [5, 5.41) is 4.86. The number of nitrogens with zero attached hydrogens (tertiary/aromatic N) is 3. The number of aromatic amines is 1. The third-order valence-corrected chi connectivity index (χ3v) is 2.72. The van der Waals surface area contributed by atoms with Crippen molar-refractivity contribution in [3.63, 3.8) is 0 Å². The molecule has 0 aliphatic rings. The molecule has 3 N–H and O–H groups in total. The van der Waals surface area contributed by atoms with Crippen molar-refractivity contribution in [2.45, 2.75) is 0 Å². The number of rotatable bonds is 1. The number of aromatic nitrogens is 4. The summed E-state index contributed by atoms with van der Waals surface area (Å²) in [5.74, 6) is 1.02. The molecule has 2 aromatic heterocycles. The lowest BCUT2D eigenvalue weighted by atomic mass is 10.2. The van der Waals surface area contributed by atoms with Gasteiger partial charge in [-0.3, -0.25) is 9.78 Å². The largest absolute Gasteiger partial charge is 0.383 e. The molecule has 0 aliphatic heterocycles. The first kappa shape index (κ1) is 10.8. The highest BCUT2D eigenvalue weighted by molar-refractivity contribution is 6.30. The summed E-state index contributed by atoms with van der Waals surface area (Å²) in [6, 6.07) is 8.34. The van der Waals surface area contributed by atoms with Crippen molar-refractivity contribution < 1.29 is 0 Å². The van der Waals surface area contributed by atoms with Crippen molar-refractivity contribution in [3.05, 3.63) is 45.7 Å². The van der Waals surface area contributed by atoms with Gasteiger partial charge in [-0.15, -0.1) is 5.10 Å². The minimum Gasteiger partial charge on any atom is -0.383 e. The highest BCUT2D eigenvalue weighted by atomic mass is 35.5. The highest BCUT2D eigenvalue weighted by Crippen LogP contribution is 2.18. The second kappa shape index (κ2) is 3.85. The van der Waals surface area contributed by atoms with Crippen LogP contribution >= 0.6 is 11.6 Å². The fourth-order valence-corrected chi connectivity index (χ4v) is 1.76. The minimum atomic E-state index is -0.310. The lowest BCUT2D eigenvalue weighted by Crippen LogP contribution is -2.11. The van der Waals surface area contributed by atoms with Crippen LogP contribution in [-0.2, 0) is 0 Å². The lowest BCUT2D eigenvalue weighted by Gasteiger charge is -1.95. The van der Waals surface area contributed by atoms with E-state index in [2.05, 4.69) is 15.1 Å². The summed E-state index contributed by atoms with van der Waals surface area (Å²) < 4.78 is 1.38. The summed E-state index contributed by atoms with van der Waals surface area (Å²) in [4.78, 5) is 18.0. The Bertz CT molecular complexity index is 774. The van der Waals surface area contributed by atoms with Gasteiger partial charge in [0.15, 0.2) is 5.82 Å². The topological polar surface area (TPSA) is 89.1 Å². The maximum absolute atomic E-state index is 11.3. The maximum Gasteiger partial charge on any atom is 0.254 e. The van der Waals surface area contributed by atoms with Crippen molar-refractivity contribution in [3.8, 4) is 11.4 Å². The van der Waals surface area contributed by atoms with Crippen molar-refractivity contribution >= 4 is 23.2 Å². The Kier molecular flexibility index (Phi) is 2.31. The van der Waals surface area contributed by atoms with E-state index < -0.39 is 0 Å². The number of anilines is 1. The Morgan fingerprint density at radius 1 is 1.28 bits per heavy atom. The van der Waals surface area contributed by atoms with Crippen LogP contribution in [0.25, 0.3) is 17.2 Å². The van der Waals surface area contributed by atoms with E-state index in [1.54, 1.807) is 24.3 Å². The molecule has 2 heterocycles. The zero-order chi connectivity index (χ0) is 12.7. The van der Waals surface area contributed by atoms with Gasteiger partial charge in [-0.25, -0.2) is 0 Å². The van der Waals surface area contributed by atoms with Gasteiger partial charge in [0.25, 0.3) is 5.56 Å². The van der Waals surface area contributed by atoms with Crippen molar-refractivity contribution in [2.75, 3.05) is 5.73 Å². The normalized spacial score (nSPS) is 10.9. The van der Waals surface area contributed by atoms with Gasteiger partial charge in [0.05, 0.1) is 0 Å². The molecule has 0 unspecified atom stereocenters. The van der Waals surface area contributed by atoms with Gasteiger partial charge in [-0.1, -0.05) is 11.6 Å². The van der Waals surface area contributed by atoms with Crippen molar-refractivity contribution in [1.29, 1.82) is 0 Å². The van der Waals surface area contributed by atoms with Gasteiger partial charge >= 0.3 is 0 Å². The average molecular weight is 262 g/mol. The molecule has 0 radical (unpaired) electrons. The van der Waals surface area contributed by atoms with E-state index in [1.165, 1.54) is 10.6 Å². The van der Waals surface area contributed by atoms with E-state index in [1.807, 2.05) is 0 Å². The van der Waals surface area contributed by atoms with Crippen LogP contribution in [0.5, 0.6) is 0 Å². The molecular formula is C11H8ClN5O. The number of halogens is 1. The molecule has 0 saturated carbocycles. The van der Waals surface area contributed by atoms with E-state index in [4.69, 9.17) is 17.3 Å². The number of H-pyrrole nitrogens is 1. The second-order valence-electron chi connectivity index (χ2n) is 3.74. The first-order valence-electron chi connectivity index (χ1n) is 5.15. The van der Waals surface area contributed by atoms with Gasteiger partial charge in [0.1, 0.15) is 5.82 Å². The Labute approximate surface area is 106 Å². The summed E-state index contributed by atoms with van der Waals surface area (Å²) >= 11 is 5.81. The molecule has 0 fully saturated rings. The molecule has 3 aromatic rings. The average Bonchev–Trinajstić information content (AvgIpc) is 2.74. The minimum absolute atomic E-state index is 0.237. The predicted octanol–water partition coefficient (Wildman–Crippen LogP) is 1.32. The number of nitrogens with one attached hydrogen (secondary N) is 1. The van der Waals surface area contributed by atoms with E-state index in [0.717, 1.165) is 5.56 Å². The third kappa shape index (κ3) is 1.72. The molecule has 18 heavy (non-hydrogen) atoms.